The topological polar surface area (TPSA) is 102 Å². The molecule has 0 heterocycles. The monoisotopic (exact) mass is 568 g/mol. The fourth-order valence-electron chi connectivity index (χ4n) is 2.50. The van der Waals surface area contributed by atoms with E-state index in [1.807, 2.05) is 5.32 Å². The number of carbonyl (C=O) groups is 2. The molecule has 0 aliphatic rings. The third kappa shape index (κ3) is 14.9. The molecule has 194 valence electrons. The summed E-state index contributed by atoms with van der Waals surface area (Å²) in [6, 6.07) is 9.17. The molecule has 0 unspecified atom stereocenters. The summed E-state index contributed by atoms with van der Waals surface area (Å²) in [7, 11) is 0. The van der Waals surface area contributed by atoms with E-state index in [2.05, 4.69) is 4.99 Å². The maximum Gasteiger partial charge on any atom is 1.00 e. The molecule has 0 bridgehead atoms. The van der Waals surface area contributed by atoms with Gasteiger partial charge in [0.15, 0.2) is 0 Å². The Labute approximate surface area is 276 Å². The van der Waals surface area contributed by atoms with Crippen molar-refractivity contribution in [2.45, 2.75) is 44.3 Å². The predicted octanol–water partition coefficient (Wildman–Crippen LogP) is -3.91. The number of carbonyl (C=O) groups excluding carboxylic acids is 1. The molecule has 0 aliphatic carbocycles. The van der Waals surface area contributed by atoms with Crippen LogP contribution in [0.3, 0.4) is 0 Å². The maximum atomic E-state index is 12.8. The van der Waals surface area contributed by atoms with Gasteiger partial charge in [-0.2, -0.15) is 26.3 Å². The fourth-order valence-corrected chi connectivity index (χ4v) is 2.50. The Bertz CT molecular complexity index is 983. The van der Waals surface area contributed by atoms with Gasteiger partial charge in [0.2, 0.25) is 0 Å². The van der Waals surface area contributed by atoms with Crippen molar-refractivity contribution < 1.29 is 127 Å². The SMILES string of the molecule is C[C@H](N=C(c1ccccc1)C(F)(F)F)C(=O)[O-].C[C@H](N[C@H](c1ccccc1)C(F)(F)F)C(=O)O.[BH4-].[K+].[Na+]. The molecule has 2 aromatic rings. The normalized spacial score (nSPS) is 13.7. The van der Waals surface area contributed by atoms with E-state index in [-0.39, 0.29) is 100 Å². The summed E-state index contributed by atoms with van der Waals surface area (Å²) in [6.07, 6.45) is -9.24. The molecule has 0 saturated carbocycles. The van der Waals surface area contributed by atoms with E-state index in [1.165, 1.54) is 55.5 Å². The number of hydrogen-bond acceptors (Lipinski definition) is 5. The summed E-state index contributed by atoms with van der Waals surface area (Å²) in [5, 5.41) is 21.1. The van der Waals surface area contributed by atoms with Crippen molar-refractivity contribution in [3.05, 3.63) is 71.8 Å². The van der Waals surface area contributed by atoms with E-state index in [0.29, 0.717) is 0 Å². The Morgan fingerprint density at radius 2 is 1.35 bits per heavy atom. The molecule has 3 atom stereocenters. The van der Waals surface area contributed by atoms with Gasteiger partial charge in [0.1, 0.15) is 17.8 Å². The Hall–Kier alpha value is -0.709. The standard InChI is InChI=1S/C11H12F3NO2.C11H10F3NO2.BH4.K.Na/c2*1-7(10(16)17)15-9(11(12,13)14)8-5-3-2-4-6-8;;;/h2-7,9,15H,1H3,(H,16,17);2-7H,1H3,(H,16,17);1H4;;/q;;-1;2*+1/p-1/t7-,9+;7-;;;/m00.../s1. The van der Waals surface area contributed by atoms with E-state index < -0.39 is 48.1 Å². The van der Waals surface area contributed by atoms with Crippen LogP contribution < -0.4 is 91.4 Å². The average molecular weight is 568 g/mol. The Morgan fingerprint density at radius 1 is 0.919 bits per heavy atom. The smallest absolute Gasteiger partial charge is 0.548 e. The number of carboxylic acids is 2. The van der Waals surface area contributed by atoms with Gasteiger partial charge < -0.3 is 15.0 Å². The number of hydrogen-bond donors (Lipinski definition) is 2. The molecule has 0 saturated heterocycles. The molecule has 0 spiro atoms. The van der Waals surface area contributed by atoms with Gasteiger partial charge in [-0.05, 0) is 19.4 Å². The number of rotatable bonds is 7. The number of halogens is 6. The van der Waals surface area contributed by atoms with Crippen LogP contribution in [0.5, 0.6) is 0 Å². The van der Waals surface area contributed by atoms with Crippen molar-refractivity contribution in [2.24, 2.45) is 4.99 Å². The molecule has 2 rings (SSSR count). The fraction of sp³-hybridized carbons (Fsp3) is 0.318. The summed E-state index contributed by atoms with van der Waals surface area (Å²) < 4.78 is 76.4. The van der Waals surface area contributed by atoms with Crippen molar-refractivity contribution in [3.8, 4) is 0 Å². The number of alkyl halides is 6. The van der Waals surface area contributed by atoms with Gasteiger partial charge in [0.05, 0.1) is 12.0 Å². The first-order valence-corrected chi connectivity index (χ1v) is 9.66. The zero-order valence-corrected chi connectivity index (χ0v) is 25.0. The van der Waals surface area contributed by atoms with Crippen LogP contribution in [0.4, 0.5) is 26.3 Å². The van der Waals surface area contributed by atoms with Crippen LogP contribution in [0, 0.1) is 0 Å². The van der Waals surface area contributed by atoms with E-state index in [9.17, 15) is 41.0 Å². The number of aliphatic imine (C=N–C) groups is 1. The van der Waals surface area contributed by atoms with Crippen LogP contribution in [-0.4, -0.2) is 55.6 Å². The largest absolute Gasteiger partial charge is 1.00 e. The van der Waals surface area contributed by atoms with Crippen LogP contribution in [0.15, 0.2) is 65.7 Å². The van der Waals surface area contributed by atoms with Gasteiger partial charge in [-0.1, -0.05) is 69.1 Å². The Morgan fingerprint density at radius 3 is 1.70 bits per heavy atom. The number of nitrogens with zero attached hydrogens (tertiary/aromatic N) is 1. The van der Waals surface area contributed by atoms with E-state index >= 15 is 0 Å². The zero-order chi connectivity index (χ0) is 26.1. The summed E-state index contributed by atoms with van der Waals surface area (Å²) in [5.41, 5.74) is -1.39. The van der Waals surface area contributed by atoms with Gasteiger partial charge >= 0.3 is 99.3 Å². The third-order valence-electron chi connectivity index (χ3n) is 4.23. The van der Waals surface area contributed by atoms with Crippen LogP contribution in [-0.2, 0) is 9.59 Å². The molecule has 37 heavy (non-hydrogen) atoms. The van der Waals surface area contributed by atoms with Gasteiger partial charge in [-0.25, -0.2) is 0 Å². The predicted molar refractivity (Wildman–Crippen MR) is 120 cm³/mol. The Balaban J connectivity index is -0.000000578. The van der Waals surface area contributed by atoms with Crippen LogP contribution in [0.2, 0.25) is 0 Å². The minimum atomic E-state index is -4.70. The molecule has 0 radical (unpaired) electrons. The molecule has 6 nitrogen and oxygen atoms in total. The molecule has 0 fully saturated rings. The number of carboxylic acid groups (broad SMARTS) is 2. The van der Waals surface area contributed by atoms with Gasteiger partial charge in [-0.15, -0.1) is 0 Å². The van der Waals surface area contributed by atoms with Crippen LogP contribution in [0.25, 0.3) is 0 Å². The molecule has 2 aromatic carbocycles. The van der Waals surface area contributed by atoms with Gasteiger partial charge in [0.25, 0.3) is 0 Å². The molecular formula is C22H25BF6KN2NaO4. The molecule has 0 aromatic heterocycles. The number of benzene rings is 2. The first-order chi connectivity index (χ1) is 15.6. The quantitative estimate of drug-likeness (QED) is 0.202. The van der Waals surface area contributed by atoms with Crippen LogP contribution in [0.1, 0.15) is 31.0 Å². The maximum absolute atomic E-state index is 12.8. The molecule has 0 aliphatic heterocycles. The van der Waals surface area contributed by atoms with Crippen molar-refractivity contribution in [1.29, 1.82) is 0 Å². The van der Waals surface area contributed by atoms with Crippen LogP contribution >= 0.6 is 0 Å². The summed E-state index contributed by atoms with van der Waals surface area (Å²) in [4.78, 5) is 24.1. The minimum absolute atomic E-state index is 0. The van der Waals surface area contributed by atoms with Crippen molar-refractivity contribution in [3.63, 3.8) is 0 Å². The van der Waals surface area contributed by atoms with E-state index in [1.54, 1.807) is 12.1 Å². The summed E-state index contributed by atoms with van der Waals surface area (Å²) in [5.74, 6) is -2.97. The molecular weight excluding hydrogens is 543 g/mol. The second-order valence-corrected chi connectivity index (χ2v) is 6.95. The van der Waals surface area contributed by atoms with Crippen molar-refractivity contribution >= 4 is 26.1 Å². The third-order valence-corrected chi connectivity index (χ3v) is 4.23. The average Bonchev–Trinajstić information content (AvgIpc) is 2.75. The van der Waals surface area contributed by atoms with Crippen molar-refractivity contribution in [1.82, 2.24) is 5.32 Å². The first-order valence-electron chi connectivity index (χ1n) is 9.66. The number of aliphatic carboxylic acids is 2. The Kier molecular flexibility index (Phi) is 20.5. The van der Waals surface area contributed by atoms with E-state index in [0.717, 1.165) is 6.92 Å². The molecule has 15 heteroatoms. The second kappa shape index (κ2) is 18.6. The van der Waals surface area contributed by atoms with Crippen molar-refractivity contribution in [2.75, 3.05) is 0 Å². The summed E-state index contributed by atoms with van der Waals surface area (Å²) in [6.45, 7) is 2.20. The van der Waals surface area contributed by atoms with E-state index in [4.69, 9.17) is 5.11 Å². The second-order valence-electron chi connectivity index (χ2n) is 6.95. The number of nitrogens with one attached hydrogen (secondary N) is 1. The first kappa shape index (κ1) is 40.8. The van der Waals surface area contributed by atoms with Gasteiger partial charge in [0, 0.05) is 5.56 Å². The zero-order valence-electron chi connectivity index (χ0n) is 19.9. The molecule has 0 amide bonds. The summed E-state index contributed by atoms with van der Waals surface area (Å²) >= 11 is 0. The van der Waals surface area contributed by atoms with Gasteiger partial charge in [-0.3, -0.25) is 15.1 Å². The minimum Gasteiger partial charge on any atom is -0.548 e. The molecule has 2 N–H and O–H groups in total.